The molecule has 0 radical (unpaired) electrons. The van der Waals surface area contributed by atoms with Crippen molar-refractivity contribution in [2.45, 2.75) is 31.3 Å². The first-order valence-corrected chi connectivity index (χ1v) is 7.79. The molecule has 1 saturated heterocycles. The molecule has 9 nitrogen and oxygen atoms in total. The van der Waals surface area contributed by atoms with E-state index in [0.717, 1.165) is 5.56 Å². The topological polar surface area (TPSA) is 142 Å². The van der Waals surface area contributed by atoms with Crippen molar-refractivity contribution in [1.82, 2.24) is 15.7 Å². The number of nitrogens with one attached hydrogen (secondary N) is 2. The fourth-order valence-corrected chi connectivity index (χ4v) is 2.56. The zero-order valence-electron chi connectivity index (χ0n) is 13.5. The van der Waals surface area contributed by atoms with Crippen LogP contribution in [0.25, 0.3) is 0 Å². The lowest BCUT2D eigenvalue weighted by Crippen LogP contribution is -2.58. The quantitative estimate of drug-likeness (QED) is 0.286. The standard InChI is InChI=1S/C16H20N4O5/c17-11(8-10-4-2-1-3-5-10)15(23)18-12-6-7-14(22)20(16(12)24)9-13(21)19-25/h1-5,11-12,25H,6-9,17H2,(H,18,23)(H,19,21)/t11?,12-/m0/s1. The zero-order chi connectivity index (χ0) is 18.4. The Balaban J connectivity index is 1.96. The van der Waals surface area contributed by atoms with Gasteiger partial charge in [-0.05, 0) is 18.4 Å². The molecule has 1 aliphatic heterocycles. The van der Waals surface area contributed by atoms with Gasteiger partial charge in [-0.3, -0.25) is 29.3 Å². The summed E-state index contributed by atoms with van der Waals surface area (Å²) in [6.07, 6.45) is 0.450. The number of hydroxylamine groups is 1. The van der Waals surface area contributed by atoms with Gasteiger partial charge in [-0.1, -0.05) is 30.3 Å². The highest BCUT2D eigenvalue weighted by atomic mass is 16.5. The van der Waals surface area contributed by atoms with Crippen LogP contribution >= 0.6 is 0 Å². The van der Waals surface area contributed by atoms with E-state index in [1.807, 2.05) is 30.3 Å². The van der Waals surface area contributed by atoms with E-state index in [9.17, 15) is 19.2 Å². The van der Waals surface area contributed by atoms with E-state index in [0.29, 0.717) is 11.3 Å². The number of nitrogens with two attached hydrogens (primary N) is 1. The molecule has 2 rings (SSSR count). The molecule has 1 fully saturated rings. The lowest BCUT2D eigenvalue weighted by molar-refractivity contribution is -0.154. The number of imide groups is 1. The number of carbonyl (C=O) groups excluding carboxylic acids is 4. The highest BCUT2D eigenvalue weighted by Crippen LogP contribution is 2.13. The molecule has 25 heavy (non-hydrogen) atoms. The predicted octanol–water partition coefficient (Wildman–Crippen LogP) is -1.30. The van der Waals surface area contributed by atoms with Crippen LogP contribution < -0.4 is 16.5 Å². The molecule has 1 heterocycles. The molecule has 0 aliphatic carbocycles. The minimum atomic E-state index is -0.932. The summed E-state index contributed by atoms with van der Waals surface area (Å²) in [6.45, 7) is -0.601. The van der Waals surface area contributed by atoms with Crippen molar-refractivity contribution in [1.29, 1.82) is 0 Å². The van der Waals surface area contributed by atoms with Gasteiger partial charge in [-0.2, -0.15) is 0 Å². The van der Waals surface area contributed by atoms with Crippen molar-refractivity contribution < 1.29 is 24.4 Å². The molecule has 134 valence electrons. The van der Waals surface area contributed by atoms with Gasteiger partial charge in [0.05, 0.1) is 6.04 Å². The molecule has 9 heteroatoms. The van der Waals surface area contributed by atoms with Gasteiger partial charge < -0.3 is 11.1 Å². The first-order chi connectivity index (χ1) is 11.9. The van der Waals surface area contributed by atoms with Gasteiger partial charge in [-0.15, -0.1) is 0 Å². The SMILES string of the molecule is NC(Cc1ccccc1)C(=O)N[C@H]1CCC(=O)N(CC(=O)NO)C1=O. The molecular formula is C16H20N4O5. The number of nitrogens with zero attached hydrogens (tertiary/aromatic N) is 1. The lowest BCUT2D eigenvalue weighted by atomic mass is 10.0. The molecule has 5 N–H and O–H groups in total. The first-order valence-electron chi connectivity index (χ1n) is 7.79. The van der Waals surface area contributed by atoms with Crippen molar-refractivity contribution in [2.24, 2.45) is 5.73 Å². The maximum Gasteiger partial charge on any atom is 0.263 e. The molecule has 0 bridgehead atoms. The molecule has 0 spiro atoms. The summed E-state index contributed by atoms with van der Waals surface area (Å²) in [7, 11) is 0. The van der Waals surface area contributed by atoms with Gasteiger partial charge in [0.2, 0.25) is 11.8 Å². The molecule has 2 atom stereocenters. The molecule has 0 aromatic heterocycles. The highest BCUT2D eigenvalue weighted by molar-refractivity contribution is 6.04. The summed E-state index contributed by atoms with van der Waals surface area (Å²) in [5.41, 5.74) is 8.12. The van der Waals surface area contributed by atoms with Crippen molar-refractivity contribution >= 4 is 23.6 Å². The number of likely N-dealkylation sites (tertiary alicyclic amines) is 1. The lowest BCUT2D eigenvalue weighted by Gasteiger charge is -2.30. The monoisotopic (exact) mass is 348 g/mol. The van der Waals surface area contributed by atoms with E-state index >= 15 is 0 Å². The van der Waals surface area contributed by atoms with Crippen molar-refractivity contribution in [2.75, 3.05) is 6.54 Å². The van der Waals surface area contributed by atoms with Crippen LogP contribution in [0.5, 0.6) is 0 Å². The maximum absolute atomic E-state index is 12.3. The van der Waals surface area contributed by atoms with Gasteiger partial charge in [0.15, 0.2) is 0 Å². The van der Waals surface area contributed by atoms with Crippen molar-refractivity contribution in [3.05, 3.63) is 35.9 Å². The van der Waals surface area contributed by atoms with E-state index in [1.54, 1.807) is 0 Å². The average Bonchev–Trinajstić information content (AvgIpc) is 2.61. The second kappa shape index (κ2) is 8.36. The number of amides is 4. The highest BCUT2D eigenvalue weighted by Gasteiger charge is 2.36. The van der Waals surface area contributed by atoms with E-state index in [2.05, 4.69) is 5.32 Å². The number of carbonyl (C=O) groups is 4. The number of piperidine rings is 1. The summed E-state index contributed by atoms with van der Waals surface area (Å²) in [5, 5.41) is 11.1. The molecule has 1 aromatic rings. The smallest absolute Gasteiger partial charge is 0.263 e. The van der Waals surface area contributed by atoms with Crippen molar-refractivity contribution in [3.8, 4) is 0 Å². The molecule has 1 unspecified atom stereocenters. The summed E-state index contributed by atoms with van der Waals surface area (Å²) in [6, 6.07) is 7.42. The van der Waals surface area contributed by atoms with Crippen LogP contribution in [0.2, 0.25) is 0 Å². The fraction of sp³-hybridized carbons (Fsp3) is 0.375. The molecule has 1 aromatic carbocycles. The Labute approximate surface area is 144 Å². The normalized spacial score (nSPS) is 18.6. The van der Waals surface area contributed by atoms with E-state index in [1.165, 1.54) is 5.48 Å². The Hall–Kier alpha value is -2.78. The second-order valence-corrected chi connectivity index (χ2v) is 5.75. The minimum absolute atomic E-state index is 0.00329. The van der Waals surface area contributed by atoms with Gasteiger partial charge >= 0.3 is 0 Å². The van der Waals surface area contributed by atoms with Gasteiger partial charge in [0, 0.05) is 6.42 Å². The Morgan fingerprint density at radius 2 is 1.96 bits per heavy atom. The predicted molar refractivity (Wildman–Crippen MR) is 85.9 cm³/mol. The number of benzene rings is 1. The molecule has 1 aliphatic rings. The average molecular weight is 348 g/mol. The summed E-state index contributed by atoms with van der Waals surface area (Å²) >= 11 is 0. The van der Waals surface area contributed by atoms with Crippen LogP contribution in [0.1, 0.15) is 18.4 Å². The van der Waals surface area contributed by atoms with Crippen LogP contribution in [0.15, 0.2) is 30.3 Å². The fourth-order valence-electron chi connectivity index (χ4n) is 2.56. The largest absolute Gasteiger partial charge is 0.343 e. The zero-order valence-corrected chi connectivity index (χ0v) is 13.5. The van der Waals surface area contributed by atoms with Gasteiger partial charge in [-0.25, -0.2) is 5.48 Å². The van der Waals surface area contributed by atoms with Crippen LogP contribution in [0.4, 0.5) is 0 Å². The van der Waals surface area contributed by atoms with Gasteiger partial charge in [0.25, 0.3) is 11.8 Å². The third-order valence-corrected chi connectivity index (χ3v) is 3.89. The van der Waals surface area contributed by atoms with Crippen LogP contribution in [-0.2, 0) is 25.6 Å². The summed E-state index contributed by atoms with van der Waals surface area (Å²) in [4.78, 5) is 48.2. The van der Waals surface area contributed by atoms with E-state index in [4.69, 9.17) is 10.9 Å². The van der Waals surface area contributed by atoms with Crippen LogP contribution in [0.3, 0.4) is 0 Å². The maximum atomic E-state index is 12.3. The Morgan fingerprint density at radius 1 is 1.28 bits per heavy atom. The van der Waals surface area contributed by atoms with Crippen LogP contribution in [0, 0.1) is 0 Å². The summed E-state index contributed by atoms with van der Waals surface area (Å²) in [5.74, 6) is -2.63. The Kier molecular flexibility index (Phi) is 6.20. The van der Waals surface area contributed by atoms with Crippen molar-refractivity contribution in [3.63, 3.8) is 0 Å². The number of hydrogen-bond donors (Lipinski definition) is 4. The minimum Gasteiger partial charge on any atom is -0.343 e. The molecule has 0 saturated carbocycles. The third-order valence-electron chi connectivity index (χ3n) is 3.89. The number of hydrogen-bond acceptors (Lipinski definition) is 6. The molecular weight excluding hydrogens is 328 g/mol. The van der Waals surface area contributed by atoms with E-state index < -0.39 is 42.3 Å². The molecule has 4 amide bonds. The number of rotatable bonds is 6. The van der Waals surface area contributed by atoms with E-state index in [-0.39, 0.29) is 12.8 Å². The van der Waals surface area contributed by atoms with Crippen LogP contribution in [-0.4, -0.2) is 52.4 Å². The first kappa shape index (κ1) is 18.6. The Bertz CT molecular complexity index is 664. The summed E-state index contributed by atoms with van der Waals surface area (Å²) < 4.78 is 0. The van der Waals surface area contributed by atoms with Gasteiger partial charge in [0.1, 0.15) is 12.6 Å². The second-order valence-electron chi connectivity index (χ2n) is 5.75. The Morgan fingerprint density at radius 3 is 2.60 bits per heavy atom. The third kappa shape index (κ3) is 4.85.